The Labute approximate surface area is 169 Å². The summed E-state index contributed by atoms with van der Waals surface area (Å²) in [6.45, 7) is 3.56. The number of benzene rings is 1. The van der Waals surface area contributed by atoms with E-state index in [0.29, 0.717) is 33.3 Å². The van der Waals surface area contributed by atoms with E-state index in [-0.39, 0.29) is 11.2 Å². The quantitative estimate of drug-likeness (QED) is 0.622. The standard InChI is InChI=1S/C18H17BrClN7/c1-18(22)5-7-27(8-6-18)17-23-12(9-21)13-15(25-26-16(13)24-17)10-3-2-4-11(19)14(10)20/h2-4H,5-8,22H2,1H3,(H,23,24,25,26). The molecule has 7 nitrogen and oxygen atoms in total. The number of nitrogens with two attached hydrogens (primary N) is 1. The number of hydrogen-bond donors (Lipinski definition) is 2. The van der Waals surface area contributed by atoms with Gasteiger partial charge in [0, 0.05) is 28.7 Å². The Bertz CT molecular complexity index is 1060. The molecule has 1 aromatic carbocycles. The zero-order valence-corrected chi connectivity index (χ0v) is 17.0. The average molecular weight is 447 g/mol. The predicted octanol–water partition coefficient (Wildman–Crippen LogP) is 3.63. The first kappa shape index (κ1) is 18.2. The first-order chi connectivity index (χ1) is 12.9. The highest BCUT2D eigenvalue weighted by atomic mass is 79.9. The normalized spacial score (nSPS) is 16.5. The average Bonchev–Trinajstić information content (AvgIpc) is 3.07. The maximum atomic E-state index is 9.69. The van der Waals surface area contributed by atoms with Crippen molar-refractivity contribution in [1.82, 2.24) is 20.2 Å². The molecule has 0 bridgehead atoms. The number of hydrogen-bond acceptors (Lipinski definition) is 6. The number of aromatic amines is 1. The van der Waals surface area contributed by atoms with Gasteiger partial charge in [0.25, 0.3) is 0 Å². The van der Waals surface area contributed by atoms with Crippen molar-refractivity contribution in [3.8, 4) is 17.3 Å². The van der Waals surface area contributed by atoms with Crippen LogP contribution in [-0.2, 0) is 0 Å². The molecule has 0 atom stereocenters. The first-order valence-electron chi connectivity index (χ1n) is 8.54. The lowest BCUT2D eigenvalue weighted by Crippen LogP contribution is -2.48. The van der Waals surface area contributed by atoms with Crippen LogP contribution >= 0.6 is 27.5 Å². The minimum Gasteiger partial charge on any atom is -0.341 e. The van der Waals surface area contributed by atoms with Crippen molar-refractivity contribution in [1.29, 1.82) is 5.26 Å². The third kappa shape index (κ3) is 3.27. The molecular formula is C18H17BrClN7. The molecule has 0 amide bonds. The number of H-pyrrole nitrogens is 1. The summed E-state index contributed by atoms with van der Waals surface area (Å²) >= 11 is 9.84. The second-order valence-electron chi connectivity index (χ2n) is 7.02. The van der Waals surface area contributed by atoms with Crippen molar-refractivity contribution < 1.29 is 0 Å². The van der Waals surface area contributed by atoms with Crippen molar-refractivity contribution in [3.63, 3.8) is 0 Å². The van der Waals surface area contributed by atoms with E-state index in [1.807, 2.05) is 18.2 Å². The van der Waals surface area contributed by atoms with Gasteiger partial charge in [0.05, 0.1) is 10.4 Å². The smallest absolute Gasteiger partial charge is 0.228 e. The second kappa shape index (κ2) is 6.75. The third-order valence-electron chi connectivity index (χ3n) is 4.91. The lowest BCUT2D eigenvalue weighted by Gasteiger charge is -2.36. The van der Waals surface area contributed by atoms with E-state index in [9.17, 15) is 5.26 Å². The molecule has 0 aliphatic carbocycles. The van der Waals surface area contributed by atoms with Crippen molar-refractivity contribution in [3.05, 3.63) is 33.4 Å². The molecule has 1 aliphatic rings. The molecule has 2 aromatic heterocycles. The zero-order valence-electron chi connectivity index (χ0n) is 14.6. The Hall–Kier alpha value is -2.21. The highest BCUT2D eigenvalue weighted by Crippen LogP contribution is 2.37. The molecule has 3 aromatic rings. The monoisotopic (exact) mass is 445 g/mol. The van der Waals surface area contributed by atoms with Gasteiger partial charge in [-0.25, -0.2) is 4.98 Å². The van der Waals surface area contributed by atoms with E-state index >= 15 is 0 Å². The van der Waals surface area contributed by atoms with Crippen LogP contribution in [0, 0.1) is 11.3 Å². The number of aromatic nitrogens is 4. The molecule has 9 heteroatoms. The molecule has 1 fully saturated rings. The highest BCUT2D eigenvalue weighted by Gasteiger charge is 2.28. The molecule has 3 N–H and O–H groups in total. The second-order valence-corrected chi connectivity index (χ2v) is 8.25. The van der Waals surface area contributed by atoms with E-state index in [0.717, 1.165) is 30.4 Å². The number of nitrogens with zero attached hydrogens (tertiary/aromatic N) is 5. The minimum absolute atomic E-state index is 0.169. The largest absolute Gasteiger partial charge is 0.341 e. The van der Waals surface area contributed by atoms with E-state index in [1.165, 1.54) is 0 Å². The summed E-state index contributed by atoms with van der Waals surface area (Å²) in [6, 6.07) is 7.75. The lowest BCUT2D eigenvalue weighted by molar-refractivity contribution is 0.362. The van der Waals surface area contributed by atoms with Gasteiger partial charge < -0.3 is 10.6 Å². The first-order valence-corrected chi connectivity index (χ1v) is 9.71. The fourth-order valence-corrected chi connectivity index (χ4v) is 3.82. The maximum absolute atomic E-state index is 9.69. The Morgan fingerprint density at radius 2 is 2.07 bits per heavy atom. The van der Waals surface area contributed by atoms with Gasteiger partial charge in [-0.15, -0.1) is 0 Å². The Kier molecular flexibility index (Phi) is 4.54. The van der Waals surface area contributed by atoms with E-state index in [1.54, 1.807) is 0 Å². The molecule has 3 heterocycles. The van der Waals surface area contributed by atoms with Gasteiger partial charge in [-0.1, -0.05) is 23.7 Å². The van der Waals surface area contributed by atoms with Crippen LogP contribution in [0.4, 0.5) is 5.95 Å². The van der Waals surface area contributed by atoms with Crippen LogP contribution in [0.1, 0.15) is 25.5 Å². The number of nitriles is 1. The van der Waals surface area contributed by atoms with Gasteiger partial charge in [0.2, 0.25) is 5.95 Å². The van der Waals surface area contributed by atoms with Crippen molar-refractivity contribution in [2.75, 3.05) is 18.0 Å². The molecule has 1 saturated heterocycles. The molecule has 0 saturated carbocycles. The van der Waals surface area contributed by atoms with Crippen LogP contribution in [0.5, 0.6) is 0 Å². The number of nitrogens with one attached hydrogen (secondary N) is 1. The van der Waals surface area contributed by atoms with Crippen LogP contribution in [-0.4, -0.2) is 38.8 Å². The molecule has 27 heavy (non-hydrogen) atoms. The minimum atomic E-state index is -0.169. The van der Waals surface area contributed by atoms with Crippen LogP contribution in [0.25, 0.3) is 22.3 Å². The summed E-state index contributed by atoms with van der Waals surface area (Å²) in [6.07, 6.45) is 1.69. The predicted molar refractivity (Wildman–Crippen MR) is 109 cm³/mol. The zero-order chi connectivity index (χ0) is 19.2. The summed E-state index contributed by atoms with van der Waals surface area (Å²) in [7, 11) is 0. The van der Waals surface area contributed by atoms with Crippen LogP contribution in [0.2, 0.25) is 5.02 Å². The van der Waals surface area contributed by atoms with Crippen molar-refractivity contribution >= 4 is 44.5 Å². The Morgan fingerprint density at radius 1 is 1.33 bits per heavy atom. The molecule has 0 unspecified atom stereocenters. The van der Waals surface area contributed by atoms with Crippen molar-refractivity contribution in [2.24, 2.45) is 5.73 Å². The summed E-state index contributed by atoms with van der Waals surface area (Å²) in [5.74, 6) is 0.519. The fourth-order valence-electron chi connectivity index (χ4n) is 3.24. The fraction of sp³-hybridized carbons (Fsp3) is 0.333. The topological polar surface area (TPSA) is 108 Å². The molecular weight excluding hydrogens is 430 g/mol. The van der Waals surface area contributed by atoms with Gasteiger partial charge >= 0.3 is 0 Å². The number of halogens is 2. The molecule has 4 rings (SSSR count). The summed E-state index contributed by atoms with van der Waals surface area (Å²) in [4.78, 5) is 11.2. The third-order valence-corrected chi connectivity index (χ3v) is 6.21. The van der Waals surface area contributed by atoms with Gasteiger partial charge in [-0.3, -0.25) is 5.10 Å². The van der Waals surface area contributed by atoms with Crippen LogP contribution < -0.4 is 10.6 Å². The molecule has 0 spiro atoms. The van der Waals surface area contributed by atoms with Crippen LogP contribution in [0.3, 0.4) is 0 Å². The summed E-state index contributed by atoms with van der Waals surface area (Å²) < 4.78 is 0.756. The van der Waals surface area contributed by atoms with E-state index in [4.69, 9.17) is 17.3 Å². The highest BCUT2D eigenvalue weighted by molar-refractivity contribution is 9.10. The van der Waals surface area contributed by atoms with E-state index in [2.05, 4.69) is 54.0 Å². The van der Waals surface area contributed by atoms with Gasteiger partial charge in [-0.05, 0) is 41.8 Å². The number of rotatable bonds is 2. The molecule has 138 valence electrons. The van der Waals surface area contributed by atoms with Crippen molar-refractivity contribution in [2.45, 2.75) is 25.3 Å². The maximum Gasteiger partial charge on any atom is 0.228 e. The number of fused-ring (bicyclic) bond motifs is 1. The van der Waals surface area contributed by atoms with Gasteiger partial charge in [0.15, 0.2) is 11.3 Å². The molecule has 1 aliphatic heterocycles. The van der Waals surface area contributed by atoms with E-state index < -0.39 is 0 Å². The molecule has 0 radical (unpaired) electrons. The Balaban J connectivity index is 1.81. The SMILES string of the molecule is CC1(N)CCN(c2nc(C#N)c3c(-c4cccc(Br)c4Cl)n[nH]c3n2)CC1. The number of piperidine rings is 1. The van der Waals surface area contributed by atoms with Crippen LogP contribution in [0.15, 0.2) is 22.7 Å². The number of anilines is 1. The Morgan fingerprint density at radius 3 is 2.78 bits per heavy atom. The summed E-state index contributed by atoms with van der Waals surface area (Å²) in [5.41, 5.74) is 8.10. The lowest BCUT2D eigenvalue weighted by atomic mass is 9.91. The summed E-state index contributed by atoms with van der Waals surface area (Å²) in [5, 5.41) is 18.1. The van der Waals surface area contributed by atoms with Gasteiger partial charge in [-0.2, -0.15) is 15.3 Å². The van der Waals surface area contributed by atoms with Gasteiger partial charge in [0.1, 0.15) is 11.8 Å².